The maximum atomic E-state index is 4.13. The Balaban J connectivity index is 1.40. The molecule has 0 aliphatic heterocycles. The van der Waals surface area contributed by atoms with Gasteiger partial charge >= 0.3 is 0 Å². The minimum absolute atomic E-state index is 1.07. The summed E-state index contributed by atoms with van der Waals surface area (Å²) in [5.74, 6) is 7.05. The van der Waals surface area contributed by atoms with E-state index in [0.717, 1.165) is 11.5 Å². The van der Waals surface area contributed by atoms with Crippen molar-refractivity contribution in [1.82, 2.24) is 9.97 Å². The van der Waals surface area contributed by atoms with E-state index in [-0.39, 0.29) is 0 Å². The largest absolute Gasteiger partial charge is 0.264 e. The van der Waals surface area contributed by atoms with Gasteiger partial charge in [-0.1, -0.05) is 12.1 Å². The van der Waals surface area contributed by atoms with E-state index in [0.29, 0.717) is 0 Å². The van der Waals surface area contributed by atoms with E-state index in [4.69, 9.17) is 0 Å². The number of nitrogens with zero attached hydrogens (tertiary/aromatic N) is 2. The van der Waals surface area contributed by atoms with Crippen LogP contribution in [0.15, 0.2) is 49.1 Å². The monoisotopic (exact) mass is 336 g/mol. The number of pyridine rings is 2. The van der Waals surface area contributed by atoms with Crippen LogP contribution < -0.4 is 0 Å². The molecule has 2 aromatic rings. The molecular formula is C16H20N2S3. The second-order valence-electron chi connectivity index (χ2n) is 4.44. The van der Waals surface area contributed by atoms with Gasteiger partial charge in [0.2, 0.25) is 0 Å². The number of hydrogen-bond acceptors (Lipinski definition) is 5. The molecule has 0 N–H and O–H groups in total. The minimum Gasteiger partial charge on any atom is -0.264 e. The average molecular weight is 337 g/mol. The lowest BCUT2D eigenvalue weighted by molar-refractivity contribution is 1.25. The van der Waals surface area contributed by atoms with Gasteiger partial charge in [0.1, 0.15) is 0 Å². The Morgan fingerprint density at radius 1 is 0.667 bits per heavy atom. The summed E-state index contributed by atoms with van der Waals surface area (Å²) in [6.45, 7) is 0. The lowest BCUT2D eigenvalue weighted by atomic mass is 10.3. The maximum Gasteiger partial charge on any atom is 0.0308 e. The second kappa shape index (κ2) is 11.0. The summed E-state index contributed by atoms with van der Waals surface area (Å²) in [5.41, 5.74) is 2.64. The molecule has 0 unspecified atom stereocenters. The van der Waals surface area contributed by atoms with E-state index in [1.165, 1.54) is 34.1 Å². The number of rotatable bonds is 10. The average Bonchev–Trinajstić information content (AvgIpc) is 2.55. The van der Waals surface area contributed by atoms with E-state index in [1.807, 2.05) is 60.4 Å². The first-order valence-corrected chi connectivity index (χ1v) is 10.4. The summed E-state index contributed by atoms with van der Waals surface area (Å²) in [7, 11) is 0. The third-order valence-electron chi connectivity index (χ3n) is 2.73. The highest BCUT2D eigenvalue weighted by Crippen LogP contribution is 2.16. The standard InChI is InChI=1S/C16H20N2S3/c1-3-15(11-17-5-1)13-20-9-7-19-8-10-21-14-16-4-2-6-18-12-16/h1-6,11-12H,7-10,13-14H2. The molecule has 2 heterocycles. The molecule has 0 radical (unpaired) electrons. The Morgan fingerprint density at radius 3 is 1.57 bits per heavy atom. The van der Waals surface area contributed by atoms with E-state index in [1.54, 1.807) is 0 Å². The van der Waals surface area contributed by atoms with Crippen LogP contribution in [0.3, 0.4) is 0 Å². The van der Waals surface area contributed by atoms with E-state index in [9.17, 15) is 0 Å². The molecule has 2 aromatic heterocycles. The molecule has 2 rings (SSSR count). The molecule has 0 amide bonds. The van der Waals surface area contributed by atoms with Crippen molar-refractivity contribution >= 4 is 35.3 Å². The quantitative estimate of drug-likeness (QED) is 0.600. The zero-order chi connectivity index (χ0) is 14.6. The van der Waals surface area contributed by atoms with Crippen molar-refractivity contribution < 1.29 is 0 Å². The molecule has 0 bridgehead atoms. The van der Waals surface area contributed by atoms with Crippen LogP contribution in [0.25, 0.3) is 0 Å². The summed E-state index contributed by atoms with van der Waals surface area (Å²) in [6, 6.07) is 8.29. The van der Waals surface area contributed by atoms with E-state index >= 15 is 0 Å². The highest BCUT2D eigenvalue weighted by Gasteiger charge is 1.96. The first-order valence-electron chi connectivity index (χ1n) is 6.96. The SMILES string of the molecule is c1cncc(CSCCSCCSCc2cccnc2)c1. The molecule has 0 saturated carbocycles. The van der Waals surface area contributed by atoms with Crippen LogP contribution in [-0.2, 0) is 11.5 Å². The van der Waals surface area contributed by atoms with Gasteiger partial charge in [0.15, 0.2) is 0 Å². The fourth-order valence-corrected chi connectivity index (χ4v) is 4.88. The Kier molecular flexibility index (Phi) is 8.75. The zero-order valence-corrected chi connectivity index (χ0v) is 14.4. The molecule has 0 fully saturated rings. The topological polar surface area (TPSA) is 25.8 Å². The molecule has 0 aromatic carbocycles. The Labute approximate surface area is 139 Å². The van der Waals surface area contributed by atoms with Crippen molar-refractivity contribution in [3.8, 4) is 0 Å². The third kappa shape index (κ3) is 7.79. The summed E-state index contributed by atoms with van der Waals surface area (Å²) < 4.78 is 0. The fraction of sp³-hybridized carbons (Fsp3) is 0.375. The van der Waals surface area contributed by atoms with Gasteiger partial charge in [-0.25, -0.2) is 0 Å². The van der Waals surface area contributed by atoms with Crippen LogP contribution in [0.2, 0.25) is 0 Å². The lowest BCUT2D eigenvalue weighted by Gasteiger charge is -2.03. The van der Waals surface area contributed by atoms with Gasteiger partial charge in [-0.15, -0.1) is 0 Å². The van der Waals surface area contributed by atoms with Crippen molar-refractivity contribution in [3.63, 3.8) is 0 Å². The van der Waals surface area contributed by atoms with Crippen LogP contribution in [0, 0.1) is 0 Å². The molecule has 21 heavy (non-hydrogen) atoms. The van der Waals surface area contributed by atoms with Crippen LogP contribution in [-0.4, -0.2) is 33.0 Å². The van der Waals surface area contributed by atoms with Gasteiger partial charge < -0.3 is 0 Å². The van der Waals surface area contributed by atoms with Crippen molar-refractivity contribution in [3.05, 3.63) is 60.2 Å². The maximum absolute atomic E-state index is 4.13. The number of thioether (sulfide) groups is 3. The van der Waals surface area contributed by atoms with Crippen LogP contribution in [0.5, 0.6) is 0 Å². The normalized spacial score (nSPS) is 10.7. The highest BCUT2D eigenvalue weighted by atomic mass is 32.2. The second-order valence-corrected chi connectivity index (χ2v) is 7.88. The van der Waals surface area contributed by atoms with Gasteiger partial charge in [0, 0.05) is 59.3 Å². The number of hydrogen-bond donors (Lipinski definition) is 0. The Bertz CT molecular complexity index is 434. The summed E-state index contributed by atoms with van der Waals surface area (Å²) >= 11 is 6.03. The van der Waals surface area contributed by atoms with Crippen LogP contribution in [0.4, 0.5) is 0 Å². The Morgan fingerprint density at radius 2 is 1.14 bits per heavy atom. The molecule has 0 atom stereocenters. The van der Waals surface area contributed by atoms with Crippen LogP contribution in [0.1, 0.15) is 11.1 Å². The van der Waals surface area contributed by atoms with Gasteiger partial charge in [0.05, 0.1) is 0 Å². The van der Waals surface area contributed by atoms with E-state index in [2.05, 4.69) is 33.9 Å². The molecule has 0 spiro atoms. The minimum atomic E-state index is 1.07. The summed E-state index contributed by atoms with van der Waals surface area (Å²) in [4.78, 5) is 8.27. The number of aromatic nitrogens is 2. The molecular weight excluding hydrogens is 316 g/mol. The zero-order valence-electron chi connectivity index (χ0n) is 12.0. The molecule has 5 heteroatoms. The lowest BCUT2D eigenvalue weighted by Crippen LogP contribution is -1.91. The fourth-order valence-electron chi connectivity index (χ4n) is 1.68. The Hall–Kier alpha value is -0.650. The first kappa shape index (κ1) is 16.7. The highest BCUT2D eigenvalue weighted by molar-refractivity contribution is 8.04. The van der Waals surface area contributed by atoms with Crippen molar-refractivity contribution in [2.24, 2.45) is 0 Å². The summed E-state index contributed by atoms with van der Waals surface area (Å²) in [6.07, 6.45) is 7.56. The van der Waals surface area contributed by atoms with Gasteiger partial charge in [-0.05, 0) is 23.3 Å². The van der Waals surface area contributed by atoms with Gasteiger partial charge in [0.25, 0.3) is 0 Å². The van der Waals surface area contributed by atoms with E-state index < -0.39 is 0 Å². The van der Waals surface area contributed by atoms with Gasteiger partial charge in [-0.3, -0.25) is 9.97 Å². The molecule has 112 valence electrons. The molecule has 0 saturated heterocycles. The summed E-state index contributed by atoms with van der Waals surface area (Å²) in [5, 5.41) is 0. The smallest absolute Gasteiger partial charge is 0.0308 e. The third-order valence-corrected chi connectivity index (χ3v) is 6.29. The van der Waals surface area contributed by atoms with Gasteiger partial charge in [-0.2, -0.15) is 35.3 Å². The first-order chi connectivity index (χ1) is 10.4. The molecule has 2 nitrogen and oxygen atoms in total. The molecule has 0 aliphatic rings. The van der Waals surface area contributed by atoms with Crippen molar-refractivity contribution in [1.29, 1.82) is 0 Å². The predicted octanol–water partition coefficient (Wildman–Crippen LogP) is 4.38. The van der Waals surface area contributed by atoms with Crippen molar-refractivity contribution in [2.45, 2.75) is 11.5 Å². The van der Waals surface area contributed by atoms with Crippen molar-refractivity contribution in [2.75, 3.05) is 23.0 Å². The molecule has 0 aliphatic carbocycles. The van der Waals surface area contributed by atoms with Crippen LogP contribution >= 0.6 is 35.3 Å². The predicted molar refractivity (Wildman–Crippen MR) is 98.1 cm³/mol.